The highest BCUT2D eigenvalue weighted by Crippen LogP contribution is 2.42. The van der Waals surface area contributed by atoms with Crippen LogP contribution in [0.25, 0.3) is 5.76 Å². The van der Waals surface area contributed by atoms with Crippen LogP contribution in [0.3, 0.4) is 0 Å². The van der Waals surface area contributed by atoms with E-state index in [2.05, 4.69) is 32.6 Å². The van der Waals surface area contributed by atoms with Gasteiger partial charge in [0.2, 0.25) is 0 Å². The molecular formula is C33H46N2O6. The fourth-order valence-electron chi connectivity index (χ4n) is 4.98. The van der Waals surface area contributed by atoms with Crippen molar-refractivity contribution < 1.29 is 28.9 Å². The number of rotatable bonds is 16. The van der Waals surface area contributed by atoms with Crippen LogP contribution in [0.1, 0.15) is 71.6 Å². The van der Waals surface area contributed by atoms with Gasteiger partial charge in [-0.1, -0.05) is 33.8 Å². The van der Waals surface area contributed by atoms with E-state index < -0.39 is 17.7 Å². The zero-order chi connectivity index (χ0) is 29.9. The quantitative estimate of drug-likeness (QED) is 0.150. The van der Waals surface area contributed by atoms with E-state index in [4.69, 9.17) is 14.2 Å². The molecular weight excluding hydrogens is 520 g/mol. The fraction of sp³-hybridized carbons (Fsp3) is 0.515. The Balaban J connectivity index is 2.06. The highest BCUT2D eigenvalue weighted by Gasteiger charge is 2.46. The Morgan fingerprint density at radius 2 is 1.61 bits per heavy atom. The van der Waals surface area contributed by atoms with E-state index in [1.165, 1.54) is 0 Å². The van der Waals surface area contributed by atoms with Crippen LogP contribution >= 0.6 is 0 Å². The van der Waals surface area contributed by atoms with Crippen molar-refractivity contribution in [2.24, 2.45) is 5.92 Å². The summed E-state index contributed by atoms with van der Waals surface area (Å²) in [7, 11) is 0. The van der Waals surface area contributed by atoms with Crippen molar-refractivity contribution in [1.29, 1.82) is 0 Å². The molecule has 224 valence electrons. The second kappa shape index (κ2) is 15.5. The summed E-state index contributed by atoms with van der Waals surface area (Å²) in [6, 6.07) is 11.6. The van der Waals surface area contributed by atoms with Crippen molar-refractivity contribution >= 4 is 17.4 Å². The van der Waals surface area contributed by atoms with Crippen molar-refractivity contribution in [2.45, 2.75) is 60.4 Å². The van der Waals surface area contributed by atoms with E-state index in [-0.39, 0.29) is 11.3 Å². The summed E-state index contributed by atoms with van der Waals surface area (Å²) in [6.45, 7) is 16.8. The Hall–Kier alpha value is -3.52. The number of carbonyl (C=O) groups is 2. The molecule has 41 heavy (non-hydrogen) atoms. The summed E-state index contributed by atoms with van der Waals surface area (Å²) >= 11 is 0. The minimum atomic E-state index is -0.762. The monoisotopic (exact) mass is 566 g/mol. The van der Waals surface area contributed by atoms with Gasteiger partial charge in [0.1, 0.15) is 11.5 Å². The Labute approximate surface area is 244 Å². The molecule has 0 bridgehead atoms. The molecule has 1 aliphatic heterocycles. The van der Waals surface area contributed by atoms with Crippen LogP contribution in [0.15, 0.2) is 48.0 Å². The van der Waals surface area contributed by atoms with Gasteiger partial charge in [0.25, 0.3) is 11.7 Å². The Morgan fingerprint density at radius 1 is 0.927 bits per heavy atom. The average Bonchev–Trinajstić information content (AvgIpc) is 3.21. The lowest BCUT2D eigenvalue weighted by atomic mass is 9.95. The third kappa shape index (κ3) is 8.03. The van der Waals surface area contributed by atoms with Crippen LogP contribution in [0.2, 0.25) is 0 Å². The summed E-state index contributed by atoms with van der Waals surface area (Å²) in [6.07, 6.45) is 1.60. The number of amides is 1. The van der Waals surface area contributed by atoms with Crippen LogP contribution in [-0.4, -0.2) is 72.6 Å². The van der Waals surface area contributed by atoms with Gasteiger partial charge in [0, 0.05) is 12.1 Å². The first-order chi connectivity index (χ1) is 19.7. The number of likely N-dealkylation sites (tertiary alicyclic amines) is 1. The molecule has 1 N–H and O–H groups in total. The maximum Gasteiger partial charge on any atom is 0.295 e. The number of Topliss-reactive ketones (excluding diaryl/α,β-unsaturated/α-hetero) is 1. The molecule has 2 aromatic carbocycles. The van der Waals surface area contributed by atoms with Crippen molar-refractivity contribution in [2.75, 3.05) is 46.0 Å². The zero-order valence-corrected chi connectivity index (χ0v) is 25.4. The summed E-state index contributed by atoms with van der Waals surface area (Å²) in [5, 5.41) is 11.4. The second-order valence-corrected chi connectivity index (χ2v) is 10.5. The predicted molar refractivity (Wildman–Crippen MR) is 162 cm³/mol. The van der Waals surface area contributed by atoms with E-state index in [0.29, 0.717) is 67.1 Å². The number of ketones is 1. The molecule has 0 saturated carbocycles. The number of hydrogen-bond acceptors (Lipinski definition) is 7. The molecule has 0 radical (unpaired) electrons. The number of aliphatic hydroxyl groups is 1. The van der Waals surface area contributed by atoms with Crippen LogP contribution in [0.5, 0.6) is 17.2 Å². The van der Waals surface area contributed by atoms with E-state index in [0.717, 1.165) is 26.1 Å². The molecule has 1 saturated heterocycles. The van der Waals surface area contributed by atoms with Crippen LogP contribution < -0.4 is 14.2 Å². The summed E-state index contributed by atoms with van der Waals surface area (Å²) in [4.78, 5) is 30.7. The molecule has 1 aliphatic rings. The predicted octanol–water partition coefficient (Wildman–Crippen LogP) is 6.06. The SMILES string of the molecule is CCOc1ccc(/C(O)=C2\C(=O)C(=O)N(CCCN(CC)CC)C2c2ccc(OCCC(C)C)c(OCC)c2)cc1. The van der Waals surface area contributed by atoms with Gasteiger partial charge in [-0.15, -0.1) is 0 Å². The van der Waals surface area contributed by atoms with Crippen molar-refractivity contribution in [1.82, 2.24) is 9.80 Å². The van der Waals surface area contributed by atoms with Crippen LogP contribution in [0.4, 0.5) is 0 Å². The molecule has 1 amide bonds. The molecule has 8 heteroatoms. The number of benzene rings is 2. The first kappa shape index (κ1) is 32.0. The van der Waals surface area contributed by atoms with Crippen molar-refractivity contribution in [3.63, 3.8) is 0 Å². The molecule has 1 fully saturated rings. The smallest absolute Gasteiger partial charge is 0.295 e. The number of carbonyl (C=O) groups excluding carboxylic acids is 2. The molecule has 1 unspecified atom stereocenters. The van der Waals surface area contributed by atoms with E-state index >= 15 is 0 Å². The van der Waals surface area contributed by atoms with Gasteiger partial charge in [0.15, 0.2) is 11.5 Å². The van der Waals surface area contributed by atoms with E-state index in [1.54, 1.807) is 29.2 Å². The summed E-state index contributed by atoms with van der Waals surface area (Å²) in [5.74, 6) is 0.801. The van der Waals surface area contributed by atoms with Gasteiger partial charge < -0.3 is 29.1 Å². The third-order valence-electron chi connectivity index (χ3n) is 7.28. The van der Waals surface area contributed by atoms with Gasteiger partial charge in [-0.25, -0.2) is 0 Å². The lowest BCUT2D eigenvalue weighted by molar-refractivity contribution is -0.140. The van der Waals surface area contributed by atoms with Gasteiger partial charge >= 0.3 is 0 Å². The zero-order valence-electron chi connectivity index (χ0n) is 25.4. The Bertz CT molecular complexity index is 1190. The van der Waals surface area contributed by atoms with Gasteiger partial charge in [-0.2, -0.15) is 0 Å². The largest absolute Gasteiger partial charge is 0.507 e. The molecule has 3 rings (SSSR count). The topological polar surface area (TPSA) is 88.5 Å². The maximum atomic E-state index is 13.5. The highest BCUT2D eigenvalue weighted by molar-refractivity contribution is 6.46. The van der Waals surface area contributed by atoms with Gasteiger partial charge in [-0.3, -0.25) is 9.59 Å². The molecule has 0 aromatic heterocycles. The molecule has 8 nitrogen and oxygen atoms in total. The second-order valence-electron chi connectivity index (χ2n) is 10.5. The number of nitrogens with zero attached hydrogens (tertiary/aromatic N) is 2. The standard InChI is InChI=1S/C33H46N2O6/c1-7-34(8-2)19-11-20-35-30(25-14-17-27(28(22-25)40-10-4)41-21-18-23(5)6)29(32(37)33(35)38)31(36)24-12-15-26(16-13-24)39-9-3/h12-17,22-23,30,36H,7-11,18-21H2,1-6H3/b31-29+. The number of aliphatic hydroxyl groups excluding tert-OH is 1. The van der Waals surface area contributed by atoms with Gasteiger partial charge in [0.05, 0.1) is 31.4 Å². The summed E-state index contributed by atoms with van der Waals surface area (Å²) < 4.78 is 17.5. The lowest BCUT2D eigenvalue weighted by Gasteiger charge is -2.27. The minimum Gasteiger partial charge on any atom is -0.507 e. The maximum absolute atomic E-state index is 13.5. The summed E-state index contributed by atoms with van der Waals surface area (Å²) in [5.41, 5.74) is 1.19. The first-order valence-electron chi connectivity index (χ1n) is 14.9. The van der Waals surface area contributed by atoms with Crippen molar-refractivity contribution in [3.8, 4) is 17.2 Å². The normalized spacial score (nSPS) is 16.6. The van der Waals surface area contributed by atoms with Gasteiger partial charge in [-0.05, 0) is 94.2 Å². The lowest BCUT2D eigenvalue weighted by Crippen LogP contribution is -2.33. The third-order valence-corrected chi connectivity index (χ3v) is 7.28. The highest BCUT2D eigenvalue weighted by atomic mass is 16.5. The molecule has 1 atom stereocenters. The van der Waals surface area contributed by atoms with Crippen LogP contribution in [-0.2, 0) is 9.59 Å². The molecule has 1 heterocycles. The fourth-order valence-corrected chi connectivity index (χ4v) is 4.98. The van der Waals surface area contributed by atoms with E-state index in [9.17, 15) is 14.7 Å². The first-order valence-corrected chi connectivity index (χ1v) is 14.9. The average molecular weight is 567 g/mol. The number of hydrogen-bond donors (Lipinski definition) is 1. The van der Waals surface area contributed by atoms with Crippen molar-refractivity contribution in [3.05, 3.63) is 59.2 Å². The molecule has 0 aliphatic carbocycles. The Morgan fingerprint density at radius 3 is 2.22 bits per heavy atom. The molecule has 2 aromatic rings. The minimum absolute atomic E-state index is 0.0675. The van der Waals surface area contributed by atoms with Crippen LogP contribution in [0, 0.1) is 5.92 Å². The molecule has 0 spiro atoms. The number of ether oxygens (including phenoxy) is 3. The Kier molecular flexibility index (Phi) is 12.1. The van der Waals surface area contributed by atoms with E-state index in [1.807, 2.05) is 32.0 Å².